The molecule has 0 radical (unpaired) electrons. The number of esters is 1. The molecule has 2 aromatic heterocycles. The Morgan fingerprint density at radius 1 is 0.649 bits per heavy atom. The molecule has 6 aliphatic carbocycles. The Morgan fingerprint density at radius 2 is 1.15 bits per heavy atom. The molecule has 14 heteroatoms. The molecule has 0 spiro atoms. The van der Waals surface area contributed by atoms with E-state index in [1.54, 1.807) is 0 Å². The molecule has 4 aromatic carbocycles. The van der Waals surface area contributed by atoms with Gasteiger partial charge in [0.15, 0.2) is 0 Å². The highest BCUT2D eigenvalue weighted by molar-refractivity contribution is 5.89. The minimum Gasteiger partial charge on any atom is -0.469 e. The second kappa shape index (κ2) is 20.6. The quantitative estimate of drug-likeness (QED) is 0.0918. The summed E-state index contributed by atoms with van der Waals surface area (Å²) in [5.74, 6) is 1.20. The summed E-state index contributed by atoms with van der Waals surface area (Å²) in [6.07, 6.45) is 11.7. The van der Waals surface area contributed by atoms with E-state index in [2.05, 4.69) is 93.0 Å². The van der Waals surface area contributed by atoms with Gasteiger partial charge in [0.1, 0.15) is 17.7 Å². The van der Waals surface area contributed by atoms with Crippen molar-refractivity contribution in [1.82, 2.24) is 35.1 Å². The number of aliphatic hydroxyl groups is 1. The predicted molar refractivity (Wildman–Crippen MR) is 284 cm³/mol. The maximum Gasteiger partial charge on any atom is 0.407 e. The van der Waals surface area contributed by atoms with Crippen molar-refractivity contribution in [2.24, 2.45) is 23.7 Å². The van der Waals surface area contributed by atoms with E-state index in [0.29, 0.717) is 11.8 Å². The first-order valence-corrected chi connectivity index (χ1v) is 27.3. The number of ether oxygens (including phenoxy) is 2. The monoisotopic (exact) mass is 1000 g/mol. The van der Waals surface area contributed by atoms with E-state index in [1.807, 2.05) is 18.7 Å². The number of fused-ring (bicyclic) bond motifs is 4. The van der Waals surface area contributed by atoms with E-state index in [4.69, 9.17) is 19.4 Å². The van der Waals surface area contributed by atoms with Crippen LogP contribution in [0.3, 0.4) is 0 Å². The molecule has 1 unspecified atom stereocenters. The third kappa shape index (κ3) is 9.47. The van der Waals surface area contributed by atoms with Crippen molar-refractivity contribution in [1.29, 1.82) is 0 Å². The Hall–Kier alpha value is -6.54. The van der Waals surface area contributed by atoms with E-state index < -0.39 is 24.2 Å². The number of rotatable bonds is 11. The molecule has 8 aliphatic rings. The number of nitrogens with zero attached hydrogens (tertiary/aromatic N) is 4. The molecule has 14 rings (SSSR count). The van der Waals surface area contributed by atoms with Crippen LogP contribution in [0.25, 0.3) is 44.3 Å². The van der Waals surface area contributed by atoms with Crippen LogP contribution in [-0.4, -0.2) is 97.2 Å². The third-order valence-corrected chi connectivity index (χ3v) is 17.6. The number of alkyl carbamates (subject to hydrolysis) is 1. The summed E-state index contributed by atoms with van der Waals surface area (Å²) in [7, 11) is 2.64. The summed E-state index contributed by atoms with van der Waals surface area (Å²) in [6.45, 7) is 5.56. The van der Waals surface area contributed by atoms with Crippen LogP contribution >= 0.6 is 0 Å². The number of methoxy groups -OCH3 is 2. The number of H-pyrrole nitrogens is 2. The number of aryl methyl sites for hydroxylation is 4. The Kier molecular flexibility index (Phi) is 13.9. The van der Waals surface area contributed by atoms with Crippen molar-refractivity contribution < 1.29 is 33.8 Å². The first-order chi connectivity index (χ1) is 35.8. The third-order valence-electron chi connectivity index (χ3n) is 17.6. The van der Waals surface area contributed by atoms with Gasteiger partial charge in [-0.1, -0.05) is 88.1 Å². The smallest absolute Gasteiger partial charge is 0.407 e. The van der Waals surface area contributed by atoms with Crippen molar-refractivity contribution >= 4 is 45.9 Å². The number of aliphatic hydroxyl groups excluding tert-OH is 1. The van der Waals surface area contributed by atoms with Gasteiger partial charge in [0.05, 0.1) is 66.8 Å². The van der Waals surface area contributed by atoms with Gasteiger partial charge in [0, 0.05) is 12.1 Å². The van der Waals surface area contributed by atoms with Gasteiger partial charge in [0.2, 0.25) is 11.8 Å². The van der Waals surface area contributed by atoms with E-state index in [0.717, 1.165) is 128 Å². The van der Waals surface area contributed by atoms with Gasteiger partial charge in [-0.3, -0.25) is 14.4 Å². The Morgan fingerprint density at radius 3 is 1.62 bits per heavy atom. The lowest BCUT2D eigenvalue weighted by Crippen LogP contribution is -2.55. The number of hydrogen-bond acceptors (Lipinski definition) is 9. The van der Waals surface area contributed by atoms with Crippen LogP contribution in [0.5, 0.6) is 0 Å². The fourth-order valence-corrected chi connectivity index (χ4v) is 13.6. The summed E-state index contributed by atoms with van der Waals surface area (Å²) in [4.78, 5) is 75.4. The van der Waals surface area contributed by atoms with Gasteiger partial charge in [0.25, 0.3) is 0 Å². The zero-order valence-corrected chi connectivity index (χ0v) is 43.5. The highest BCUT2D eigenvalue weighted by Crippen LogP contribution is 2.49. The predicted octanol–water partition coefficient (Wildman–Crippen LogP) is 10.3. The molecule has 14 nitrogen and oxygen atoms in total. The first kappa shape index (κ1) is 49.7. The summed E-state index contributed by atoms with van der Waals surface area (Å²) in [5.41, 5.74) is 13.3. The number of benzene rings is 4. The van der Waals surface area contributed by atoms with Crippen molar-refractivity contribution in [2.75, 3.05) is 14.2 Å². The average molecular weight is 1000 g/mol. The minimum atomic E-state index is -1.14. The Labute approximate surface area is 433 Å². The molecule has 2 saturated heterocycles. The molecule has 388 valence electrons. The molecule has 74 heavy (non-hydrogen) atoms. The molecular formula is C60H71N7O7. The zero-order chi connectivity index (χ0) is 51.4. The highest BCUT2D eigenvalue weighted by atomic mass is 16.5. The second-order valence-electron chi connectivity index (χ2n) is 22.4. The van der Waals surface area contributed by atoms with Crippen LogP contribution < -0.4 is 5.32 Å². The van der Waals surface area contributed by atoms with E-state index in [9.17, 15) is 24.3 Å². The number of carbonyl (C=O) groups is 4. The second-order valence-corrected chi connectivity index (χ2v) is 22.4. The van der Waals surface area contributed by atoms with Crippen LogP contribution in [0.15, 0.2) is 72.8 Å². The highest BCUT2D eigenvalue weighted by Gasteiger charge is 2.50. The van der Waals surface area contributed by atoms with Crippen molar-refractivity contribution in [3.8, 4) is 22.3 Å². The Bertz CT molecular complexity index is 2900. The molecule has 4 bridgehead atoms. The van der Waals surface area contributed by atoms with Crippen molar-refractivity contribution in [2.45, 2.75) is 153 Å². The summed E-state index contributed by atoms with van der Waals surface area (Å²) < 4.78 is 9.87. The Balaban J connectivity index is 0.849. The molecule has 2 saturated carbocycles. The molecule has 3 amide bonds. The first-order valence-electron chi connectivity index (χ1n) is 27.3. The topological polar surface area (TPSA) is 183 Å². The van der Waals surface area contributed by atoms with Gasteiger partial charge >= 0.3 is 12.1 Å². The molecule has 6 aromatic rings. The molecule has 4 fully saturated rings. The number of aromatic nitrogens is 4. The number of likely N-dealkylation sites (tertiary alicyclic amines) is 2. The lowest BCUT2D eigenvalue weighted by atomic mass is 9.84. The maximum absolute atomic E-state index is 14.5. The lowest BCUT2D eigenvalue weighted by Gasteiger charge is -2.36. The average Bonchev–Trinajstić information content (AvgIpc) is 4.21. The normalized spacial score (nSPS) is 23.8. The SMILES string of the molecule is COC(=O)C[C@H](C(=O)N1C(c2nc3ccc(-c4cc5ccc4CCc4ccc(c(-c6ccc7nc([C@@H]8C[C@@H]9CCCC[C@@H]9N8C(=O)[C@@H](NC(=O)OC)[C@@H](C)O)[nH]c7c6)c4)CC5)cc3[nH]2)C[C@@H]2CCCC[C@@H]21)C(C)C. The van der Waals surface area contributed by atoms with Crippen LogP contribution in [0.2, 0.25) is 0 Å². The minimum absolute atomic E-state index is 0.00555. The zero-order valence-electron chi connectivity index (χ0n) is 43.5. The van der Waals surface area contributed by atoms with Gasteiger partial charge in [-0.15, -0.1) is 0 Å². The van der Waals surface area contributed by atoms with Gasteiger partial charge in [-0.2, -0.15) is 0 Å². The number of amides is 3. The maximum atomic E-state index is 14.5. The molecule has 9 atom stereocenters. The fourth-order valence-electron chi connectivity index (χ4n) is 13.6. The van der Waals surface area contributed by atoms with Gasteiger partial charge in [-0.25, -0.2) is 14.8 Å². The lowest BCUT2D eigenvalue weighted by molar-refractivity contribution is -0.150. The van der Waals surface area contributed by atoms with E-state index in [1.165, 1.54) is 60.9 Å². The standard InChI is InChI=1S/C60H71N7O7/c1-33(2)43(32-54(69)73-4)58(70)66-50-12-8-6-10-41(50)30-52(66)56-61-46-24-22-39(28-48(46)63-56)44-26-35-14-18-37(44)19-15-36-17-21-38(20-16-35)45(27-36)40-23-25-47-49(29-40)64-57(62-47)53-31-42-11-7-9-13-51(42)67(53)59(71)55(34(3)68)65-60(72)74-5/h14,17-18,21-29,33-34,41-43,50-53,55,68H,6-13,15-16,19-20,30-32H2,1-5H3,(H,61,63)(H,62,64)(H,65,72)/t34-,41+,42+,43+,50+,51+,52?,53+,55+/m1/s1. The van der Waals surface area contributed by atoms with Gasteiger partial charge < -0.3 is 39.7 Å². The summed E-state index contributed by atoms with van der Waals surface area (Å²) in [6, 6.07) is 25.4. The molecule has 4 N–H and O–H groups in total. The summed E-state index contributed by atoms with van der Waals surface area (Å²) in [5, 5.41) is 13.3. The number of nitrogens with one attached hydrogen (secondary N) is 3. The van der Waals surface area contributed by atoms with E-state index >= 15 is 0 Å². The summed E-state index contributed by atoms with van der Waals surface area (Å²) >= 11 is 0. The molecular weight excluding hydrogens is 931 g/mol. The largest absolute Gasteiger partial charge is 0.469 e. The van der Waals surface area contributed by atoms with Crippen molar-refractivity contribution in [3.05, 3.63) is 107 Å². The number of carbonyl (C=O) groups excluding carboxylic acids is 4. The fraction of sp³-hybridized carbons (Fsp3) is 0.500. The number of imidazole rings is 2. The van der Waals surface area contributed by atoms with Crippen LogP contribution in [0.4, 0.5) is 4.79 Å². The number of hydrogen-bond donors (Lipinski definition) is 4. The van der Waals surface area contributed by atoms with Crippen LogP contribution in [0, 0.1) is 23.7 Å². The molecule has 4 heterocycles. The van der Waals surface area contributed by atoms with Crippen molar-refractivity contribution in [3.63, 3.8) is 0 Å². The van der Waals surface area contributed by atoms with Gasteiger partial charge in [-0.05, 0) is 158 Å². The molecule has 2 aliphatic heterocycles. The van der Waals surface area contributed by atoms with E-state index in [-0.39, 0.29) is 54.3 Å². The number of aromatic amines is 2. The van der Waals surface area contributed by atoms with Crippen LogP contribution in [-0.2, 0) is 49.5 Å². The van der Waals surface area contributed by atoms with Crippen LogP contribution in [0.1, 0.15) is 137 Å².